The predicted octanol–water partition coefficient (Wildman–Crippen LogP) is 1.66. The average molecular weight is 213 g/mol. The zero-order chi connectivity index (χ0) is 9.68. The largest absolute Gasteiger partial charge is 0.368 e. The second-order valence-corrected chi connectivity index (χ2v) is 4.51. The Morgan fingerprint density at radius 3 is 2.62 bits per heavy atom. The molecule has 4 heteroatoms. The molecular formula is C9H11NOS2. The van der Waals surface area contributed by atoms with Crippen LogP contribution in [-0.2, 0) is 10.5 Å². The first-order valence-corrected chi connectivity index (χ1v) is 5.39. The van der Waals surface area contributed by atoms with E-state index in [4.69, 9.17) is 5.73 Å². The first kappa shape index (κ1) is 10.5. The Bertz CT molecular complexity index is 276. The topological polar surface area (TPSA) is 43.1 Å². The van der Waals surface area contributed by atoms with Crippen molar-refractivity contribution in [1.82, 2.24) is 0 Å². The number of amides is 1. The first-order valence-electron chi connectivity index (χ1n) is 3.83. The van der Waals surface area contributed by atoms with E-state index in [9.17, 15) is 4.79 Å². The van der Waals surface area contributed by atoms with E-state index in [1.165, 1.54) is 17.3 Å². The van der Waals surface area contributed by atoms with Crippen molar-refractivity contribution in [2.75, 3.05) is 0 Å². The monoisotopic (exact) mass is 213 g/mol. The fraction of sp³-hybridized carbons (Fsp3) is 0.222. The highest BCUT2D eigenvalue weighted by molar-refractivity contribution is 8.10. The van der Waals surface area contributed by atoms with Crippen molar-refractivity contribution in [3.8, 4) is 0 Å². The zero-order valence-corrected chi connectivity index (χ0v) is 8.72. The molecule has 0 bridgehead atoms. The van der Waals surface area contributed by atoms with Gasteiger partial charge in [0.2, 0.25) is 5.91 Å². The van der Waals surface area contributed by atoms with Gasteiger partial charge in [0.15, 0.2) is 0 Å². The number of thioether (sulfide) groups is 1. The Labute approximate surface area is 87.3 Å². The van der Waals surface area contributed by atoms with E-state index in [0.29, 0.717) is 0 Å². The smallest absolute Gasteiger partial charge is 0.240 e. The van der Waals surface area contributed by atoms with Crippen LogP contribution in [0, 0.1) is 0 Å². The molecule has 0 aromatic heterocycles. The summed E-state index contributed by atoms with van der Waals surface area (Å²) >= 11 is 5.47. The van der Waals surface area contributed by atoms with Crippen molar-refractivity contribution in [3.63, 3.8) is 0 Å². The number of nitrogens with two attached hydrogens (primary N) is 1. The van der Waals surface area contributed by atoms with E-state index >= 15 is 0 Å². The Morgan fingerprint density at radius 2 is 2.08 bits per heavy atom. The molecule has 0 saturated heterocycles. The second kappa shape index (κ2) is 5.19. The maximum atomic E-state index is 10.6. The fourth-order valence-electron chi connectivity index (χ4n) is 0.832. The highest BCUT2D eigenvalue weighted by Crippen LogP contribution is 2.19. The van der Waals surface area contributed by atoms with Crippen molar-refractivity contribution >= 4 is 30.3 Å². The highest BCUT2D eigenvalue weighted by atomic mass is 32.2. The van der Waals surface area contributed by atoms with E-state index in [1.54, 1.807) is 0 Å². The third-order valence-corrected chi connectivity index (χ3v) is 3.24. The quantitative estimate of drug-likeness (QED) is 0.590. The molecule has 0 aliphatic heterocycles. The number of hydrogen-bond donors (Lipinski definition) is 2. The van der Waals surface area contributed by atoms with Crippen LogP contribution in [0.4, 0.5) is 0 Å². The molecule has 0 spiro atoms. The molecule has 2 nitrogen and oxygen atoms in total. The molecule has 1 atom stereocenters. The predicted molar refractivity (Wildman–Crippen MR) is 59.7 cm³/mol. The van der Waals surface area contributed by atoms with Crippen LogP contribution in [0.5, 0.6) is 0 Å². The van der Waals surface area contributed by atoms with Gasteiger partial charge in [0.1, 0.15) is 4.58 Å². The molecule has 70 valence electrons. The molecule has 13 heavy (non-hydrogen) atoms. The van der Waals surface area contributed by atoms with Gasteiger partial charge in [-0.3, -0.25) is 4.79 Å². The van der Waals surface area contributed by atoms with Crippen LogP contribution in [0.1, 0.15) is 5.56 Å². The SMILES string of the molecule is NC(=O)C(S)SCc1ccccc1. The van der Waals surface area contributed by atoms with E-state index in [2.05, 4.69) is 12.6 Å². The van der Waals surface area contributed by atoms with Crippen LogP contribution >= 0.6 is 24.4 Å². The summed E-state index contributed by atoms with van der Waals surface area (Å²) in [6.45, 7) is 0. The lowest BCUT2D eigenvalue weighted by Gasteiger charge is -2.05. The molecule has 0 radical (unpaired) electrons. The van der Waals surface area contributed by atoms with Crippen molar-refractivity contribution in [1.29, 1.82) is 0 Å². The van der Waals surface area contributed by atoms with Gasteiger partial charge < -0.3 is 5.73 Å². The van der Waals surface area contributed by atoms with Gasteiger partial charge in [-0.25, -0.2) is 0 Å². The summed E-state index contributed by atoms with van der Waals surface area (Å²) in [4.78, 5) is 10.6. The number of benzene rings is 1. The first-order chi connectivity index (χ1) is 6.20. The standard InChI is InChI=1S/C9H11NOS2/c10-8(11)9(12)13-6-7-4-2-1-3-5-7/h1-5,9,12H,6H2,(H2,10,11). The summed E-state index contributed by atoms with van der Waals surface area (Å²) in [5, 5.41) is 0. The van der Waals surface area contributed by atoms with Gasteiger partial charge in [0.05, 0.1) is 0 Å². The van der Waals surface area contributed by atoms with E-state index in [0.717, 1.165) is 5.75 Å². The van der Waals surface area contributed by atoms with Crippen molar-refractivity contribution in [2.45, 2.75) is 10.3 Å². The molecule has 0 heterocycles. The lowest BCUT2D eigenvalue weighted by Crippen LogP contribution is -2.20. The molecule has 1 amide bonds. The average Bonchev–Trinajstić information content (AvgIpc) is 2.15. The number of primary amides is 1. The number of rotatable bonds is 4. The Kier molecular flexibility index (Phi) is 4.18. The molecule has 1 aromatic rings. The van der Waals surface area contributed by atoms with Gasteiger partial charge in [0.25, 0.3) is 0 Å². The van der Waals surface area contributed by atoms with E-state index in [-0.39, 0.29) is 5.91 Å². The van der Waals surface area contributed by atoms with Gasteiger partial charge in [-0.1, -0.05) is 30.3 Å². The minimum atomic E-state index is -0.416. The van der Waals surface area contributed by atoms with Crippen molar-refractivity contribution < 1.29 is 4.79 Å². The van der Waals surface area contributed by atoms with Gasteiger partial charge in [-0.05, 0) is 5.56 Å². The molecule has 2 N–H and O–H groups in total. The molecule has 0 aliphatic rings. The minimum absolute atomic E-state index is 0.385. The maximum absolute atomic E-state index is 10.6. The molecule has 1 aromatic carbocycles. The van der Waals surface area contributed by atoms with Gasteiger partial charge in [-0.2, -0.15) is 12.6 Å². The second-order valence-electron chi connectivity index (χ2n) is 2.55. The summed E-state index contributed by atoms with van der Waals surface area (Å²) in [5.41, 5.74) is 6.24. The number of thiol groups is 1. The van der Waals surface area contributed by atoms with Gasteiger partial charge >= 0.3 is 0 Å². The van der Waals surface area contributed by atoms with Crippen LogP contribution < -0.4 is 5.73 Å². The lowest BCUT2D eigenvalue weighted by molar-refractivity contribution is -0.116. The summed E-state index contributed by atoms with van der Waals surface area (Å²) in [6.07, 6.45) is 0. The third-order valence-electron chi connectivity index (χ3n) is 1.49. The summed E-state index contributed by atoms with van der Waals surface area (Å²) < 4.78 is -0.416. The van der Waals surface area contributed by atoms with Crippen LogP contribution in [0.15, 0.2) is 30.3 Å². The summed E-state index contributed by atoms with van der Waals surface area (Å²) in [7, 11) is 0. The maximum Gasteiger partial charge on any atom is 0.240 e. The minimum Gasteiger partial charge on any atom is -0.368 e. The molecular weight excluding hydrogens is 202 g/mol. The van der Waals surface area contributed by atoms with Crippen LogP contribution in [0.3, 0.4) is 0 Å². The van der Waals surface area contributed by atoms with Crippen LogP contribution in [0.25, 0.3) is 0 Å². The van der Waals surface area contributed by atoms with Gasteiger partial charge in [0, 0.05) is 5.75 Å². The summed E-state index contributed by atoms with van der Waals surface area (Å²) in [5.74, 6) is 0.377. The Morgan fingerprint density at radius 1 is 1.46 bits per heavy atom. The van der Waals surface area contributed by atoms with Crippen molar-refractivity contribution in [2.24, 2.45) is 5.73 Å². The number of carbonyl (C=O) groups is 1. The third kappa shape index (κ3) is 3.74. The number of hydrogen-bond acceptors (Lipinski definition) is 3. The Hall–Kier alpha value is -0.610. The van der Waals surface area contributed by atoms with Crippen LogP contribution in [0.2, 0.25) is 0 Å². The molecule has 0 aliphatic carbocycles. The normalized spacial score (nSPS) is 12.4. The Balaban J connectivity index is 2.39. The summed E-state index contributed by atoms with van der Waals surface area (Å²) in [6, 6.07) is 9.91. The van der Waals surface area contributed by atoms with Crippen molar-refractivity contribution in [3.05, 3.63) is 35.9 Å². The number of carbonyl (C=O) groups excluding carboxylic acids is 1. The van der Waals surface area contributed by atoms with Crippen LogP contribution in [-0.4, -0.2) is 10.5 Å². The molecule has 1 rings (SSSR count). The lowest BCUT2D eigenvalue weighted by atomic mass is 10.2. The molecule has 0 saturated carbocycles. The zero-order valence-electron chi connectivity index (χ0n) is 7.01. The van der Waals surface area contributed by atoms with Gasteiger partial charge in [-0.15, -0.1) is 11.8 Å². The molecule has 0 fully saturated rings. The fourth-order valence-corrected chi connectivity index (χ4v) is 1.76. The molecule has 1 unspecified atom stereocenters. The van der Waals surface area contributed by atoms with E-state index < -0.39 is 4.58 Å². The highest BCUT2D eigenvalue weighted by Gasteiger charge is 2.09. The van der Waals surface area contributed by atoms with E-state index in [1.807, 2.05) is 30.3 Å².